The Morgan fingerprint density at radius 1 is 1.31 bits per heavy atom. The highest BCUT2D eigenvalue weighted by molar-refractivity contribution is 5.63. The summed E-state index contributed by atoms with van der Waals surface area (Å²) in [6.07, 6.45) is 1.88. The molecule has 0 aliphatic rings. The van der Waals surface area contributed by atoms with Crippen molar-refractivity contribution < 1.29 is 0 Å². The predicted octanol–water partition coefficient (Wildman–Crippen LogP) is 3.38. The maximum atomic E-state index is 3.77. The van der Waals surface area contributed by atoms with Crippen LogP contribution < -0.4 is 5.32 Å². The maximum absolute atomic E-state index is 3.77. The zero-order valence-electron chi connectivity index (χ0n) is 8.65. The van der Waals surface area contributed by atoms with Gasteiger partial charge in [0, 0.05) is 12.2 Å². The second kappa shape index (κ2) is 4.13. The van der Waals surface area contributed by atoms with Gasteiger partial charge in [-0.2, -0.15) is 0 Å². The van der Waals surface area contributed by atoms with Gasteiger partial charge in [-0.05, 0) is 49.6 Å². The van der Waals surface area contributed by atoms with Crippen LogP contribution in [0.25, 0.3) is 6.08 Å². The fourth-order valence-corrected chi connectivity index (χ4v) is 1.57. The monoisotopic (exact) mass is 175 g/mol. The molecule has 0 spiro atoms. The summed E-state index contributed by atoms with van der Waals surface area (Å²) in [7, 11) is 0. The van der Waals surface area contributed by atoms with Gasteiger partial charge >= 0.3 is 0 Å². The topological polar surface area (TPSA) is 12.0 Å². The lowest BCUT2D eigenvalue weighted by atomic mass is 10.0. The summed E-state index contributed by atoms with van der Waals surface area (Å²) in [4.78, 5) is 0. The fourth-order valence-electron chi connectivity index (χ4n) is 1.57. The Hall–Kier alpha value is -1.24. The van der Waals surface area contributed by atoms with Crippen molar-refractivity contribution in [2.24, 2.45) is 0 Å². The Balaban J connectivity index is 3.14. The molecule has 0 radical (unpaired) electrons. The predicted molar refractivity (Wildman–Crippen MR) is 60.2 cm³/mol. The van der Waals surface area contributed by atoms with Gasteiger partial charge in [-0.3, -0.25) is 0 Å². The Morgan fingerprint density at radius 3 is 2.23 bits per heavy atom. The van der Waals surface area contributed by atoms with E-state index in [0.29, 0.717) is 0 Å². The first-order valence-corrected chi connectivity index (χ1v) is 4.66. The van der Waals surface area contributed by atoms with E-state index >= 15 is 0 Å². The smallest absolute Gasteiger partial charge is 0.0399 e. The van der Waals surface area contributed by atoms with E-state index in [9.17, 15) is 0 Å². The zero-order valence-corrected chi connectivity index (χ0v) is 8.65. The molecule has 0 heterocycles. The molecule has 0 unspecified atom stereocenters. The third-order valence-corrected chi connectivity index (χ3v) is 2.14. The Bertz CT molecular complexity index is 290. The molecule has 0 amide bonds. The van der Waals surface area contributed by atoms with Gasteiger partial charge in [0.15, 0.2) is 0 Å². The lowest BCUT2D eigenvalue weighted by Gasteiger charge is -2.12. The van der Waals surface area contributed by atoms with Crippen LogP contribution in [0.15, 0.2) is 18.7 Å². The van der Waals surface area contributed by atoms with Gasteiger partial charge in [0.25, 0.3) is 0 Å². The van der Waals surface area contributed by atoms with Crippen LogP contribution in [0.4, 0.5) is 5.69 Å². The summed E-state index contributed by atoms with van der Waals surface area (Å²) in [5, 5.41) is 3.36. The summed E-state index contributed by atoms with van der Waals surface area (Å²) in [5.74, 6) is 0. The van der Waals surface area contributed by atoms with Crippen molar-refractivity contribution in [3.8, 4) is 0 Å². The van der Waals surface area contributed by atoms with Crippen LogP contribution in [0.2, 0.25) is 0 Å². The number of rotatable bonds is 3. The van der Waals surface area contributed by atoms with Gasteiger partial charge in [-0.1, -0.05) is 12.7 Å². The third kappa shape index (κ3) is 2.11. The largest absolute Gasteiger partial charge is 0.385 e. The first-order valence-electron chi connectivity index (χ1n) is 4.66. The lowest BCUT2D eigenvalue weighted by Crippen LogP contribution is -2.01. The molecule has 0 saturated heterocycles. The van der Waals surface area contributed by atoms with Crippen molar-refractivity contribution in [2.75, 3.05) is 11.9 Å². The van der Waals surface area contributed by atoms with Gasteiger partial charge in [-0.15, -0.1) is 0 Å². The first-order chi connectivity index (χ1) is 6.19. The normalized spacial score (nSPS) is 9.77. The van der Waals surface area contributed by atoms with Crippen LogP contribution in [0.1, 0.15) is 23.6 Å². The number of benzene rings is 1. The number of hydrogen-bond acceptors (Lipinski definition) is 1. The zero-order chi connectivity index (χ0) is 9.84. The molecule has 0 atom stereocenters. The second-order valence-electron chi connectivity index (χ2n) is 3.26. The standard InChI is InChI=1S/C12H17N/c1-5-11-7-9(3)12(13-6-2)10(4)8-11/h5,7-8,13H,1,6H2,2-4H3. The minimum Gasteiger partial charge on any atom is -0.385 e. The average molecular weight is 175 g/mol. The van der Waals surface area contributed by atoms with E-state index in [1.807, 2.05) is 6.08 Å². The molecule has 0 saturated carbocycles. The van der Waals surface area contributed by atoms with Crippen molar-refractivity contribution in [2.45, 2.75) is 20.8 Å². The molecule has 1 aromatic rings. The number of hydrogen-bond donors (Lipinski definition) is 1. The highest BCUT2D eigenvalue weighted by atomic mass is 14.9. The Morgan fingerprint density at radius 2 is 1.85 bits per heavy atom. The highest BCUT2D eigenvalue weighted by Gasteiger charge is 2.01. The summed E-state index contributed by atoms with van der Waals surface area (Å²) in [6.45, 7) is 11.1. The lowest BCUT2D eigenvalue weighted by molar-refractivity contribution is 1.18. The number of aryl methyl sites for hydroxylation is 2. The third-order valence-electron chi connectivity index (χ3n) is 2.14. The summed E-state index contributed by atoms with van der Waals surface area (Å²) < 4.78 is 0. The molecule has 0 aliphatic carbocycles. The first kappa shape index (κ1) is 9.85. The molecule has 70 valence electrons. The molecular formula is C12H17N. The number of anilines is 1. The molecule has 1 nitrogen and oxygen atoms in total. The molecule has 0 bridgehead atoms. The average Bonchev–Trinajstić information content (AvgIpc) is 2.11. The van der Waals surface area contributed by atoms with E-state index in [1.165, 1.54) is 22.4 Å². The van der Waals surface area contributed by atoms with E-state index in [4.69, 9.17) is 0 Å². The van der Waals surface area contributed by atoms with E-state index in [0.717, 1.165) is 6.54 Å². The molecule has 1 heteroatoms. The molecule has 1 aromatic carbocycles. The Kier molecular flexibility index (Phi) is 3.13. The van der Waals surface area contributed by atoms with Gasteiger partial charge < -0.3 is 5.32 Å². The summed E-state index contributed by atoms with van der Waals surface area (Å²) in [5.41, 5.74) is 5.03. The van der Waals surface area contributed by atoms with Gasteiger partial charge in [0.2, 0.25) is 0 Å². The van der Waals surface area contributed by atoms with E-state index < -0.39 is 0 Å². The van der Waals surface area contributed by atoms with Crippen LogP contribution in [0.5, 0.6) is 0 Å². The molecule has 1 rings (SSSR count). The van der Waals surface area contributed by atoms with Crippen molar-refractivity contribution in [1.29, 1.82) is 0 Å². The van der Waals surface area contributed by atoms with E-state index in [1.54, 1.807) is 0 Å². The minimum atomic E-state index is 0.967. The summed E-state index contributed by atoms with van der Waals surface area (Å²) in [6, 6.07) is 4.30. The summed E-state index contributed by atoms with van der Waals surface area (Å²) >= 11 is 0. The minimum absolute atomic E-state index is 0.967. The fraction of sp³-hybridized carbons (Fsp3) is 0.333. The van der Waals surface area contributed by atoms with Gasteiger partial charge in [0.1, 0.15) is 0 Å². The van der Waals surface area contributed by atoms with Gasteiger partial charge in [0.05, 0.1) is 0 Å². The highest BCUT2D eigenvalue weighted by Crippen LogP contribution is 2.22. The van der Waals surface area contributed by atoms with Crippen LogP contribution >= 0.6 is 0 Å². The van der Waals surface area contributed by atoms with Gasteiger partial charge in [-0.25, -0.2) is 0 Å². The van der Waals surface area contributed by atoms with Crippen LogP contribution in [-0.4, -0.2) is 6.54 Å². The van der Waals surface area contributed by atoms with Crippen LogP contribution in [-0.2, 0) is 0 Å². The second-order valence-corrected chi connectivity index (χ2v) is 3.26. The number of nitrogens with one attached hydrogen (secondary N) is 1. The van der Waals surface area contributed by atoms with Crippen molar-refractivity contribution in [1.82, 2.24) is 0 Å². The molecule has 0 fully saturated rings. The Labute approximate surface area is 80.5 Å². The SMILES string of the molecule is C=Cc1cc(C)c(NCC)c(C)c1. The van der Waals surface area contributed by atoms with E-state index in [2.05, 4.69) is 44.8 Å². The molecule has 0 aromatic heterocycles. The molecule has 13 heavy (non-hydrogen) atoms. The molecule has 0 aliphatic heterocycles. The van der Waals surface area contributed by atoms with Crippen molar-refractivity contribution >= 4 is 11.8 Å². The maximum Gasteiger partial charge on any atom is 0.0399 e. The van der Waals surface area contributed by atoms with Crippen LogP contribution in [0, 0.1) is 13.8 Å². The van der Waals surface area contributed by atoms with Crippen LogP contribution in [0.3, 0.4) is 0 Å². The quantitative estimate of drug-likeness (QED) is 0.742. The molecule has 1 N–H and O–H groups in total. The van der Waals surface area contributed by atoms with Crippen molar-refractivity contribution in [3.05, 3.63) is 35.4 Å². The molecular weight excluding hydrogens is 158 g/mol. The van der Waals surface area contributed by atoms with Crippen molar-refractivity contribution in [3.63, 3.8) is 0 Å². The van der Waals surface area contributed by atoms with E-state index in [-0.39, 0.29) is 0 Å².